The Hall–Kier alpha value is -5.43. The van der Waals surface area contributed by atoms with Gasteiger partial charge in [0.05, 0.1) is 0 Å². The van der Waals surface area contributed by atoms with Gasteiger partial charge in [0.15, 0.2) is 6.10 Å². The second kappa shape index (κ2) is 10.4. The molecule has 7 heteroatoms. The molecule has 0 amide bonds. The molecule has 0 unspecified atom stereocenters. The normalized spacial score (nSPS) is 11.8. The minimum atomic E-state index is -0.986. The molecule has 40 heavy (non-hydrogen) atoms. The van der Waals surface area contributed by atoms with Crippen LogP contribution in [0.4, 0.5) is 0 Å². The van der Waals surface area contributed by atoms with Crippen LogP contribution in [0.1, 0.15) is 6.92 Å². The van der Waals surface area contributed by atoms with Gasteiger partial charge < -0.3 is 18.3 Å². The van der Waals surface area contributed by atoms with E-state index < -0.39 is 23.3 Å². The number of carbonyl (C=O) groups excluding carboxylic acids is 1. The zero-order valence-electron chi connectivity index (χ0n) is 21.3. The monoisotopic (exact) mass is 530 g/mol. The maximum atomic E-state index is 12.9. The summed E-state index contributed by atoms with van der Waals surface area (Å²) in [7, 11) is 0. The SMILES string of the molecule is C[C@@H](Oc1ccc2c(-c3ccccc3)cc(=O)oc2c1)C(=O)Oc1ccc2c(-c3ccccc3)cc(=O)oc2c1. The number of hydrogen-bond acceptors (Lipinski definition) is 7. The van der Waals surface area contributed by atoms with E-state index in [0.29, 0.717) is 22.3 Å². The molecule has 6 aromatic rings. The fourth-order valence-electron chi connectivity index (χ4n) is 4.59. The molecule has 0 fully saturated rings. The molecule has 0 N–H and O–H groups in total. The average Bonchev–Trinajstić information content (AvgIpc) is 2.96. The van der Waals surface area contributed by atoms with Crippen LogP contribution < -0.4 is 20.7 Å². The lowest BCUT2D eigenvalue weighted by Gasteiger charge is -2.15. The highest BCUT2D eigenvalue weighted by molar-refractivity contribution is 5.95. The van der Waals surface area contributed by atoms with Crippen molar-refractivity contribution in [3.63, 3.8) is 0 Å². The fraction of sp³-hybridized carbons (Fsp3) is 0.0606. The Kier molecular flexibility index (Phi) is 6.46. The maximum absolute atomic E-state index is 12.9. The van der Waals surface area contributed by atoms with Crippen LogP contribution >= 0.6 is 0 Å². The van der Waals surface area contributed by atoms with Gasteiger partial charge in [-0.2, -0.15) is 0 Å². The number of hydrogen-bond donors (Lipinski definition) is 0. The first-order chi connectivity index (χ1) is 19.4. The van der Waals surface area contributed by atoms with Gasteiger partial charge in [-0.3, -0.25) is 0 Å². The fourth-order valence-corrected chi connectivity index (χ4v) is 4.59. The van der Waals surface area contributed by atoms with E-state index in [1.54, 1.807) is 37.3 Å². The van der Waals surface area contributed by atoms with E-state index in [4.69, 9.17) is 18.3 Å². The molecule has 196 valence electrons. The van der Waals surface area contributed by atoms with Crippen molar-refractivity contribution >= 4 is 27.9 Å². The van der Waals surface area contributed by atoms with Gasteiger partial charge in [0.2, 0.25) is 0 Å². The summed E-state index contributed by atoms with van der Waals surface area (Å²) in [5.41, 5.74) is 2.85. The first kappa shape index (κ1) is 24.9. The number of benzene rings is 4. The van der Waals surface area contributed by atoms with E-state index in [9.17, 15) is 14.4 Å². The van der Waals surface area contributed by atoms with E-state index in [1.807, 2.05) is 60.7 Å². The summed E-state index contributed by atoms with van der Waals surface area (Å²) in [5, 5.41) is 1.45. The molecule has 6 rings (SSSR count). The van der Waals surface area contributed by atoms with E-state index in [2.05, 4.69) is 0 Å². The van der Waals surface area contributed by atoms with Crippen LogP contribution in [-0.2, 0) is 4.79 Å². The van der Waals surface area contributed by atoms with Gasteiger partial charge in [0.25, 0.3) is 0 Å². The molecule has 0 radical (unpaired) electrons. The molecule has 7 nitrogen and oxygen atoms in total. The largest absolute Gasteiger partial charge is 0.479 e. The van der Waals surface area contributed by atoms with Crippen LogP contribution in [0.3, 0.4) is 0 Å². The summed E-state index contributed by atoms with van der Waals surface area (Å²) in [6.45, 7) is 1.55. The van der Waals surface area contributed by atoms with Gasteiger partial charge >= 0.3 is 17.2 Å². The van der Waals surface area contributed by atoms with Crippen molar-refractivity contribution in [2.24, 2.45) is 0 Å². The molecule has 2 heterocycles. The third-order valence-electron chi connectivity index (χ3n) is 6.46. The molecular weight excluding hydrogens is 508 g/mol. The van der Waals surface area contributed by atoms with Crippen LogP contribution in [0.5, 0.6) is 11.5 Å². The lowest BCUT2D eigenvalue weighted by Crippen LogP contribution is -2.28. The minimum absolute atomic E-state index is 0.207. The van der Waals surface area contributed by atoms with Crippen molar-refractivity contribution in [2.75, 3.05) is 0 Å². The van der Waals surface area contributed by atoms with Gasteiger partial charge in [0, 0.05) is 35.0 Å². The molecule has 2 aromatic heterocycles. The first-order valence-electron chi connectivity index (χ1n) is 12.6. The van der Waals surface area contributed by atoms with Crippen molar-refractivity contribution < 1.29 is 23.1 Å². The summed E-state index contributed by atoms with van der Waals surface area (Å²) >= 11 is 0. The summed E-state index contributed by atoms with van der Waals surface area (Å²) in [6, 6.07) is 31.8. The van der Waals surface area contributed by atoms with Crippen molar-refractivity contribution in [3.05, 3.63) is 130 Å². The van der Waals surface area contributed by atoms with Crippen LogP contribution in [0.2, 0.25) is 0 Å². The maximum Gasteiger partial charge on any atom is 0.352 e. The van der Waals surface area contributed by atoms with Gasteiger partial charge in [0.1, 0.15) is 22.7 Å². The molecule has 0 bridgehead atoms. The Morgan fingerprint density at radius 3 is 1.62 bits per heavy atom. The Balaban J connectivity index is 1.23. The van der Waals surface area contributed by atoms with Gasteiger partial charge in [-0.15, -0.1) is 0 Å². The smallest absolute Gasteiger partial charge is 0.352 e. The molecule has 0 saturated heterocycles. The van der Waals surface area contributed by atoms with Crippen LogP contribution in [0, 0.1) is 0 Å². The Labute approximate surface area is 227 Å². The predicted molar refractivity (Wildman–Crippen MR) is 152 cm³/mol. The van der Waals surface area contributed by atoms with Gasteiger partial charge in [-0.05, 0) is 53.4 Å². The molecule has 1 atom stereocenters. The van der Waals surface area contributed by atoms with Gasteiger partial charge in [-0.25, -0.2) is 14.4 Å². The Bertz CT molecular complexity index is 1970. The van der Waals surface area contributed by atoms with Crippen LogP contribution in [0.25, 0.3) is 44.2 Å². The predicted octanol–water partition coefficient (Wildman–Crippen LogP) is 6.61. The van der Waals surface area contributed by atoms with Crippen LogP contribution in [-0.4, -0.2) is 12.1 Å². The van der Waals surface area contributed by atoms with Crippen molar-refractivity contribution in [2.45, 2.75) is 13.0 Å². The number of esters is 1. The summed E-state index contributed by atoms with van der Waals surface area (Å²) in [6.07, 6.45) is -0.986. The molecule has 0 aliphatic carbocycles. The number of carbonyl (C=O) groups is 1. The molecule has 0 aliphatic heterocycles. The highest BCUT2D eigenvalue weighted by atomic mass is 16.6. The third-order valence-corrected chi connectivity index (χ3v) is 6.46. The third kappa shape index (κ3) is 5.00. The Morgan fingerprint density at radius 2 is 1.10 bits per heavy atom. The molecule has 0 saturated carbocycles. The summed E-state index contributed by atoms with van der Waals surface area (Å²) in [5.74, 6) is -0.110. The standard InChI is InChI=1S/C33H22O7/c1-20(37-23-12-14-25-27(21-8-4-2-5-9-21)18-31(34)39-29(25)16-23)33(36)38-24-13-15-26-28(22-10-6-3-7-11-22)19-32(35)40-30(26)17-24/h2-20H,1H3/t20-/m1/s1. The first-order valence-corrected chi connectivity index (χ1v) is 12.6. The van der Waals surface area contributed by atoms with Crippen molar-refractivity contribution in [1.82, 2.24) is 0 Å². The van der Waals surface area contributed by atoms with Crippen LogP contribution in [0.15, 0.2) is 128 Å². The zero-order valence-corrected chi connectivity index (χ0v) is 21.3. The topological polar surface area (TPSA) is 96.0 Å². The number of fused-ring (bicyclic) bond motifs is 2. The van der Waals surface area contributed by atoms with E-state index in [-0.39, 0.29) is 5.75 Å². The average molecular weight is 531 g/mol. The lowest BCUT2D eigenvalue weighted by molar-refractivity contribution is -0.141. The van der Waals surface area contributed by atoms with E-state index in [1.165, 1.54) is 18.2 Å². The van der Waals surface area contributed by atoms with E-state index >= 15 is 0 Å². The highest BCUT2D eigenvalue weighted by Crippen LogP contribution is 2.31. The van der Waals surface area contributed by atoms with Crippen molar-refractivity contribution in [3.8, 4) is 33.8 Å². The molecule has 4 aromatic carbocycles. The molecular formula is C33H22O7. The van der Waals surface area contributed by atoms with Crippen molar-refractivity contribution in [1.29, 1.82) is 0 Å². The quantitative estimate of drug-likeness (QED) is 0.136. The summed E-state index contributed by atoms with van der Waals surface area (Å²) < 4.78 is 22.1. The second-order valence-corrected chi connectivity index (χ2v) is 9.19. The molecule has 0 spiro atoms. The summed E-state index contributed by atoms with van der Waals surface area (Å²) in [4.78, 5) is 37.3. The van der Waals surface area contributed by atoms with E-state index in [0.717, 1.165) is 27.6 Å². The highest BCUT2D eigenvalue weighted by Gasteiger charge is 2.19. The zero-order chi connectivity index (χ0) is 27.6. The minimum Gasteiger partial charge on any atom is -0.479 e. The Morgan fingerprint density at radius 1 is 0.625 bits per heavy atom. The molecule has 0 aliphatic rings. The number of rotatable bonds is 6. The second-order valence-electron chi connectivity index (χ2n) is 9.19. The number of ether oxygens (including phenoxy) is 2. The lowest BCUT2D eigenvalue weighted by atomic mass is 10.0. The van der Waals surface area contributed by atoms with Gasteiger partial charge in [-0.1, -0.05) is 60.7 Å².